The molecule has 5 amide bonds. The largest absolute Gasteiger partial charge is 0.506 e. The van der Waals surface area contributed by atoms with Crippen LogP contribution in [0.3, 0.4) is 0 Å². The van der Waals surface area contributed by atoms with Crippen LogP contribution in [0.2, 0.25) is 0 Å². The number of carbonyl (C=O) groups excluding carboxylic acids is 5. The molecule has 47 heteroatoms. The number of fused-ring (bicyclic) bond motifs is 5. The Morgan fingerprint density at radius 1 is 0.422 bits per heavy atom. The molecule has 3 fully saturated rings. The van der Waals surface area contributed by atoms with E-state index < -0.39 is 189 Å². The number of nitrogens with zero attached hydrogens (tertiary/aromatic N) is 8. The summed E-state index contributed by atoms with van der Waals surface area (Å²) in [6, 6.07) is 27.3. The summed E-state index contributed by atoms with van der Waals surface area (Å²) in [7, 11) is 1.55. The maximum absolute atomic E-state index is 12.9. The van der Waals surface area contributed by atoms with E-state index in [0.29, 0.717) is 36.7 Å². The van der Waals surface area contributed by atoms with Gasteiger partial charge in [0.1, 0.15) is 105 Å². The lowest BCUT2D eigenvalue weighted by Gasteiger charge is -2.16. The molecule has 7 heterocycles. The molecule has 0 atom stereocenters. The van der Waals surface area contributed by atoms with Crippen molar-refractivity contribution in [3.8, 4) is 34.5 Å². The van der Waals surface area contributed by atoms with Gasteiger partial charge in [-0.25, -0.2) is 9.83 Å². The predicted molar refractivity (Wildman–Crippen MR) is 434 cm³/mol. The molecule has 0 aliphatic heterocycles. The van der Waals surface area contributed by atoms with E-state index in [2.05, 4.69) is 35.6 Å². The molecular weight excluding hydrogens is 1710 g/mol. The first-order chi connectivity index (χ1) is 60.9. The second-order valence-electron chi connectivity index (χ2n) is 27.8. The highest BCUT2D eigenvalue weighted by molar-refractivity contribution is 6.07. The number of pyridine rings is 7. The van der Waals surface area contributed by atoms with E-state index in [1.165, 1.54) is 85.3 Å². The summed E-state index contributed by atoms with van der Waals surface area (Å²) in [6.07, 6.45) is 5.43. The standard InChI is InChI=1S/C20H18N2O7.C17H15N3O6.2C15H15N3O6.C14H11F3N2O6/c1-28-13-8-6-12(7-9-13)11-29-22-15-5-3-2-4-14(15)18(25)17(20(22)27)19(26)21-10-16(23)24;1-18-10-4-5-12-11(6-10)15(23)14(16(24)19-7-13(21)22)17(25)20(12)26-8-9-2-3-9;19-11(20)6-17-14(22)12-13(21)9-3-4-16-5-10(9)18(15(12)23)24-7-8-1-2-8;19-10(20)6-17-14(22)11-12(21)9-2-1-5-16-13(9)18(15(11)23)24-7-8-3-4-8;15-14(16,17)6-25-19-8-4-2-1-3-7(8)11(22)10(13(19)24)12(23)18-5-9(20)21/h2-9,25H,10-11H2,1H3,(H,21,26)(H,23,24);4-6,9,23H,2-3,7-8H2,(H,19,24)(H,21,22);3-5,8,21H,1-2,6-7H2,(H,17,22)(H,19,20);1-2,5,8,21H,3-4,6-7H2,(H,17,22)(H,19,20);1-4,22H,5-6H2,(H,18,23)(H,20,21). The molecule has 14 rings (SSSR count). The van der Waals surface area contributed by atoms with Crippen LogP contribution >= 0.6 is 0 Å². The van der Waals surface area contributed by atoms with Crippen molar-refractivity contribution >= 4 is 120 Å². The number of alkyl halides is 3. The topological polar surface area (TPSA) is 629 Å². The predicted octanol–water partition coefficient (Wildman–Crippen LogP) is 2.09. The monoisotopic (exact) mass is 1780 g/mol. The Balaban J connectivity index is 0.000000167. The third-order valence-corrected chi connectivity index (χ3v) is 18.4. The van der Waals surface area contributed by atoms with Gasteiger partial charge in [0.05, 0.1) is 41.8 Å². The maximum atomic E-state index is 12.9. The van der Waals surface area contributed by atoms with E-state index >= 15 is 0 Å². The summed E-state index contributed by atoms with van der Waals surface area (Å²) in [5, 5.41) is 105. The molecule has 4 aromatic carbocycles. The molecule has 0 radical (unpaired) electrons. The quantitative estimate of drug-likeness (QED) is 0.0287. The molecule has 15 N–H and O–H groups in total. The number of aromatic hydroxyl groups is 5. The highest BCUT2D eigenvalue weighted by atomic mass is 19.4. The Labute approximate surface area is 712 Å². The van der Waals surface area contributed by atoms with Crippen molar-refractivity contribution in [2.75, 3.05) is 66.3 Å². The molecule has 0 bridgehead atoms. The van der Waals surface area contributed by atoms with Gasteiger partial charge in [-0.2, -0.15) is 13.2 Å². The van der Waals surface area contributed by atoms with Crippen molar-refractivity contribution < 1.29 is 141 Å². The summed E-state index contributed by atoms with van der Waals surface area (Å²) in [5.41, 5.74) is -6.64. The van der Waals surface area contributed by atoms with Gasteiger partial charge in [-0.1, -0.05) is 42.5 Å². The molecule has 11 aromatic rings. The van der Waals surface area contributed by atoms with Gasteiger partial charge in [0.2, 0.25) is 6.61 Å². The number of amides is 5. The summed E-state index contributed by atoms with van der Waals surface area (Å²) in [5.74, 6) is -13.1. The van der Waals surface area contributed by atoms with E-state index in [0.717, 1.165) is 63.0 Å². The second-order valence-corrected chi connectivity index (χ2v) is 27.8. The lowest BCUT2D eigenvalue weighted by molar-refractivity contribution is -0.174. The van der Waals surface area contributed by atoms with Crippen LogP contribution in [0.1, 0.15) is 95.9 Å². The minimum atomic E-state index is -4.75. The number of methoxy groups -OCH3 is 1. The van der Waals surface area contributed by atoms with Crippen LogP contribution in [0.4, 0.5) is 18.9 Å². The van der Waals surface area contributed by atoms with Crippen molar-refractivity contribution in [1.29, 1.82) is 0 Å². The van der Waals surface area contributed by atoms with Gasteiger partial charge in [-0.15, -0.1) is 23.7 Å². The summed E-state index contributed by atoms with van der Waals surface area (Å²) < 4.78 is 46.1. The van der Waals surface area contributed by atoms with E-state index in [1.54, 1.807) is 49.6 Å². The number of rotatable bonds is 30. The Hall–Kier alpha value is -17.0. The number of ether oxygens (including phenoxy) is 1. The summed E-state index contributed by atoms with van der Waals surface area (Å²) >= 11 is 0. The zero-order valence-corrected chi connectivity index (χ0v) is 66.4. The average molecular weight is 1780 g/mol. The van der Waals surface area contributed by atoms with Gasteiger partial charge < -0.3 is 107 Å². The first kappa shape index (κ1) is 93.3. The highest BCUT2D eigenvalue weighted by Crippen LogP contribution is 2.35. The number of carboxylic acid groups (broad SMARTS) is 5. The number of hydrogen-bond donors (Lipinski definition) is 15. The number of aromatic nitrogens is 7. The Kier molecular flexibility index (Phi) is 30.1. The lowest BCUT2D eigenvalue weighted by Crippen LogP contribution is -2.39. The summed E-state index contributed by atoms with van der Waals surface area (Å²) in [6.45, 7) is 2.56. The van der Waals surface area contributed by atoms with E-state index in [9.17, 15) is 111 Å². The van der Waals surface area contributed by atoms with Crippen molar-refractivity contribution in [3.05, 3.63) is 224 Å². The maximum Gasteiger partial charge on any atom is 0.425 e. The molecule has 0 unspecified atom stereocenters. The zero-order chi connectivity index (χ0) is 93.1. The van der Waals surface area contributed by atoms with Crippen LogP contribution < -0.4 is 83.3 Å². The molecule has 3 aliphatic rings. The number of carbonyl (C=O) groups is 10. The van der Waals surface area contributed by atoms with E-state index in [1.807, 2.05) is 10.6 Å². The van der Waals surface area contributed by atoms with Crippen molar-refractivity contribution in [2.45, 2.75) is 51.3 Å². The van der Waals surface area contributed by atoms with E-state index in [4.69, 9.17) is 56.2 Å². The Bertz CT molecular complexity index is 6430. The molecule has 44 nitrogen and oxygen atoms in total. The van der Waals surface area contributed by atoms with Gasteiger partial charge in [0.25, 0.3) is 51.8 Å². The molecule has 128 heavy (non-hydrogen) atoms. The number of para-hydroxylation sites is 2. The highest BCUT2D eigenvalue weighted by Gasteiger charge is 2.34. The smallest absolute Gasteiger partial charge is 0.425 e. The lowest BCUT2D eigenvalue weighted by atomic mass is 10.1. The minimum Gasteiger partial charge on any atom is -0.506 e. The van der Waals surface area contributed by atoms with Gasteiger partial charge in [0, 0.05) is 33.9 Å². The van der Waals surface area contributed by atoms with Crippen LogP contribution in [0.15, 0.2) is 152 Å². The van der Waals surface area contributed by atoms with E-state index in [-0.39, 0.29) is 78.3 Å². The van der Waals surface area contributed by atoms with Crippen molar-refractivity contribution in [1.82, 2.24) is 60.2 Å². The first-order valence-corrected chi connectivity index (χ1v) is 37.8. The van der Waals surface area contributed by atoms with Crippen LogP contribution in [-0.2, 0) is 30.6 Å². The fraction of sp³-hybridized carbons (Fsp3) is 0.259. The Morgan fingerprint density at radius 2 is 0.766 bits per heavy atom. The third-order valence-electron chi connectivity index (χ3n) is 18.4. The van der Waals surface area contributed by atoms with Gasteiger partial charge in [0.15, 0.2) is 33.6 Å². The van der Waals surface area contributed by atoms with Crippen LogP contribution in [-0.4, -0.2) is 217 Å². The first-order valence-electron chi connectivity index (χ1n) is 37.8. The number of carboxylic acids is 5. The number of nitrogens with one attached hydrogen (secondary N) is 5. The zero-order valence-electron chi connectivity index (χ0n) is 66.4. The third kappa shape index (κ3) is 23.2. The second kappa shape index (κ2) is 41.3. The number of halogens is 3. The van der Waals surface area contributed by atoms with Crippen LogP contribution in [0.5, 0.6) is 34.5 Å². The van der Waals surface area contributed by atoms with Crippen molar-refractivity contribution in [3.63, 3.8) is 0 Å². The van der Waals surface area contributed by atoms with Gasteiger partial charge in [-0.3, -0.25) is 76.9 Å². The number of aliphatic carboxylic acids is 5. The van der Waals surface area contributed by atoms with Crippen LogP contribution in [0.25, 0.3) is 59.5 Å². The van der Waals surface area contributed by atoms with Gasteiger partial charge >= 0.3 is 41.6 Å². The fourth-order valence-corrected chi connectivity index (χ4v) is 11.6. The van der Waals surface area contributed by atoms with Crippen LogP contribution in [0, 0.1) is 24.3 Å². The molecule has 0 saturated heterocycles. The molecule has 0 spiro atoms. The molecule has 3 saturated carbocycles. The molecule has 3 aliphatic carbocycles. The minimum absolute atomic E-state index is 0.00879. The summed E-state index contributed by atoms with van der Waals surface area (Å²) in [4.78, 5) is 214. The average Bonchev–Trinajstić information content (AvgIpc) is 0.985. The molecular formula is C81H74F3N13O31. The Morgan fingerprint density at radius 3 is 1.16 bits per heavy atom. The SMILES string of the molecule is COc1ccc(COn2c(=O)c(C(=O)NCC(=O)O)c(O)c3ccccc32)cc1.O=C(O)CNC(=O)c1c(O)c2ccccc2n(OCC(F)(F)F)c1=O.O=C(O)CNC(=O)c1c(O)c2cccnc2n(OCC2CC2)c1=O.O=C(O)CNC(=O)c1c(O)c2ccncc2n(OCC2CC2)c1=O.[C-]#[N+]c1ccc2c(c1)c(O)c(C(=O)NCC(=O)O)c(=O)n2OCC1CC1. The molecule has 670 valence electrons. The fourth-order valence-electron chi connectivity index (χ4n) is 11.6. The van der Waals surface area contributed by atoms with Gasteiger partial charge in [-0.05, 0) is 129 Å². The number of hydrogen-bond acceptors (Lipinski definition) is 28. The number of benzene rings is 4. The normalized spacial score (nSPS) is 12.4. The van der Waals surface area contributed by atoms with Crippen molar-refractivity contribution in [2.24, 2.45) is 17.8 Å². The molecule has 7 aromatic heterocycles.